The maximum atomic E-state index is 11.8. The molecule has 1 N–H and O–H groups in total. The third kappa shape index (κ3) is 6.12. The molecule has 0 saturated heterocycles. The number of carboxylic acids is 1. The van der Waals surface area contributed by atoms with Gasteiger partial charge in [-0.25, -0.2) is 4.79 Å². The third-order valence-corrected chi connectivity index (χ3v) is 2.37. The molecule has 0 atom stereocenters. The Morgan fingerprint density at radius 2 is 2.00 bits per heavy atom. The van der Waals surface area contributed by atoms with Crippen molar-refractivity contribution in [2.24, 2.45) is 0 Å². The number of carbonyl (C=O) groups is 1. The fourth-order valence-corrected chi connectivity index (χ4v) is 1.49. The van der Waals surface area contributed by atoms with Crippen molar-refractivity contribution < 1.29 is 32.5 Å². The summed E-state index contributed by atoms with van der Waals surface area (Å²) in [6, 6.07) is 4.03. The molecule has 20 heavy (non-hydrogen) atoms. The number of alkyl halides is 3. The number of aromatic carboxylic acids is 1. The van der Waals surface area contributed by atoms with E-state index in [2.05, 4.69) is 4.74 Å². The first-order valence-corrected chi connectivity index (χ1v) is 5.97. The van der Waals surface area contributed by atoms with E-state index in [0.717, 1.165) is 0 Å². The summed E-state index contributed by atoms with van der Waals surface area (Å²) < 4.78 is 44.9. The molecule has 0 aliphatic carbocycles. The monoisotopic (exact) mass is 312 g/mol. The number of hydrogen-bond acceptors (Lipinski definition) is 3. The second-order valence-corrected chi connectivity index (χ2v) is 4.25. The van der Waals surface area contributed by atoms with Gasteiger partial charge in [-0.2, -0.15) is 13.2 Å². The van der Waals surface area contributed by atoms with Gasteiger partial charge in [0.05, 0.1) is 13.2 Å². The smallest absolute Gasteiger partial charge is 0.411 e. The summed E-state index contributed by atoms with van der Waals surface area (Å²) in [4.78, 5) is 10.9. The van der Waals surface area contributed by atoms with Crippen LogP contribution in [0.5, 0.6) is 5.75 Å². The second-order valence-electron chi connectivity index (χ2n) is 3.82. The summed E-state index contributed by atoms with van der Waals surface area (Å²) in [6.07, 6.45) is -4.16. The third-order valence-electron chi connectivity index (χ3n) is 2.13. The molecule has 1 aromatic rings. The van der Waals surface area contributed by atoms with Crippen molar-refractivity contribution in [3.8, 4) is 5.75 Å². The van der Waals surface area contributed by atoms with Gasteiger partial charge < -0.3 is 14.6 Å². The molecule has 0 aliphatic rings. The average molecular weight is 313 g/mol. The van der Waals surface area contributed by atoms with Crippen LogP contribution < -0.4 is 4.74 Å². The Kier molecular flexibility index (Phi) is 6.09. The van der Waals surface area contributed by atoms with E-state index in [1.165, 1.54) is 18.2 Å². The molecule has 0 spiro atoms. The molecule has 0 amide bonds. The predicted molar refractivity (Wildman–Crippen MR) is 65.4 cm³/mol. The van der Waals surface area contributed by atoms with Gasteiger partial charge in [-0.3, -0.25) is 0 Å². The molecule has 0 aromatic heterocycles. The van der Waals surface area contributed by atoms with Crippen LogP contribution in [-0.4, -0.2) is 37.1 Å². The lowest BCUT2D eigenvalue weighted by Crippen LogP contribution is -2.18. The van der Waals surface area contributed by atoms with Crippen molar-refractivity contribution in [1.29, 1.82) is 0 Å². The average Bonchev–Trinajstić information content (AvgIpc) is 2.32. The first-order valence-electron chi connectivity index (χ1n) is 5.60. The first kappa shape index (κ1) is 16.6. The van der Waals surface area contributed by atoms with Crippen LogP contribution in [0.2, 0.25) is 5.02 Å². The van der Waals surface area contributed by atoms with E-state index in [4.69, 9.17) is 21.4 Å². The summed E-state index contributed by atoms with van der Waals surface area (Å²) in [5.41, 5.74) is -0.0643. The van der Waals surface area contributed by atoms with Crippen molar-refractivity contribution >= 4 is 17.6 Å². The van der Waals surface area contributed by atoms with Crippen LogP contribution in [0.3, 0.4) is 0 Å². The summed E-state index contributed by atoms with van der Waals surface area (Å²) in [6.45, 7) is -1.43. The van der Waals surface area contributed by atoms with Gasteiger partial charge >= 0.3 is 12.1 Å². The Morgan fingerprint density at radius 3 is 2.60 bits per heavy atom. The van der Waals surface area contributed by atoms with E-state index in [9.17, 15) is 18.0 Å². The lowest BCUT2D eigenvalue weighted by Gasteiger charge is -2.10. The van der Waals surface area contributed by atoms with Crippen LogP contribution in [0.4, 0.5) is 13.2 Å². The summed E-state index contributed by atoms with van der Waals surface area (Å²) in [5.74, 6) is -1.11. The van der Waals surface area contributed by atoms with Crippen molar-refractivity contribution in [3.05, 3.63) is 28.8 Å². The van der Waals surface area contributed by atoms with Crippen LogP contribution in [0.25, 0.3) is 0 Å². The van der Waals surface area contributed by atoms with E-state index in [0.29, 0.717) is 5.02 Å². The van der Waals surface area contributed by atoms with Crippen molar-refractivity contribution in [1.82, 2.24) is 0 Å². The minimum absolute atomic E-state index is 0.0263. The Morgan fingerprint density at radius 1 is 1.30 bits per heavy atom. The Balaban J connectivity index is 2.38. The highest BCUT2D eigenvalue weighted by Crippen LogP contribution is 2.23. The lowest BCUT2D eigenvalue weighted by atomic mass is 10.2. The van der Waals surface area contributed by atoms with E-state index < -0.39 is 18.8 Å². The molecule has 1 aromatic carbocycles. The van der Waals surface area contributed by atoms with E-state index in [1.807, 2.05) is 0 Å². The number of benzene rings is 1. The predicted octanol–water partition coefficient (Wildman–Crippen LogP) is 3.39. The Bertz CT molecular complexity index is 463. The highest BCUT2D eigenvalue weighted by molar-refractivity contribution is 6.30. The SMILES string of the molecule is O=C(O)c1ccc(Cl)cc1OCCCOCC(F)(F)F. The Labute approximate surface area is 118 Å². The zero-order valence-electron chi connectivity index (χ0n) is 10.2. The van der Waals surface area contributed by atoms with E-state index >= 15 is 0 Å². The van der Waals surface area contributed by atoms with Crippen molar-refractivity contribution in [3.63, 3.8) is 0 Å². The molecule has 0 bridgehead atoms. The van der Waals surface area contributed by atoms with Gasteiger partial charge in [-0.1, -0.05) is 11.6 Å². The van der Waals surface area contributed by atoms with Crippen molar-refractivity contribution in [2.75, 3.05) is 19.8 Å². The van der Waals surface area contributed by atoms with E-state index in [1.54, 1.807) is 0 Å². The fourth-order valence-electron chi connectivity index (χ4n) is 1.32. The molecular weight excluding hydrogens is 301 g/mol. The molecule has 0 radical (unpaired) electrons. The molecular formula is C12H12ClF3O4. The molecule has 0 saturated carbocycles. The van der Waals surface area contributed by atoms with Gasteiger partial charge in [-0.05, 0) is 18.2 Å². The zero-order chi connectivity index (χ0) is 15.2. The summed E-state index contributed by atoms with van der Waals surface area (Å²) in [7, 11) is 0. The minimum Gasteiger partial charge on any atom is -0.493 e. The summed E-state index contributed by atoms with van der Waals surface area (Å²) >= 11 is 5.71. The summed E-state index contributed by atoms with van der Waals surface area (Å²) in [5, 5.41) is 9.22. The number of halogens is 4. The molecule has 112 valence electrons. The topological polar surface area (TPSA) is 55.8 Å². The highest BCUT2D eigenvalue weighted by atomic mass is 35.5. The maximum Gasteiger partial charge on any atom is 0.411 e. The van der Waals surface area contributed by atoms with Crippen LogP contribution >= 0.6 is 11.6 Å². The van der Waals surface area contributed by atoms with Gasteiger partial charge in [0, 0.05) is 11.4 Å². The first-order chi connectivity index (χ1) is 9.29. The lowest BCUT2D eigenvalue weighted by molar-refractivity contribution is -0.174. The molecule has 8 heteroatoms. The molecule has 1 rings (SSSR count). The van der Waals surface area contributed by atoms with Gasteiger partial charge in [0.25, 0.3) is 0 Å². The molecule has 0 unspecified atom stereocenters. The molecule has 0 aliphatic heterocycles. The molecule has 0 fully saturated rings. The van der Waals surface area contributed by atoms with Crippen LogP contribution in [0.15, 0.2) is 18.2 Å². The molecule has 4 nitrogen and oxygen atoms in total. The maximum absolute atomic E-state index is 11.8. The van der Waals surface area contributed by atoms with Crippen molar-refractivity contribution in [2.45, 2.75) is 12.6 Å². The van der Waals surface area contributed by atoms with Crippen LogP contribution in [0, 0.1) is 0 Å². The zero-order valence-corrected chi connectivity index (χ0v) is 11.0. The van der Waals surface area contributed by atoms with Gasteiger partial charge in [0.2, 0.25) is 0 Å². The quantitative estimate of drug-likeness (QED) is 0.784. The number of ether oxygens (including phenoxy) is 2. The minimum atomic E-state index is -4.36. The highest BCUT2D eigenvalue weighted by Gasteiger charge is 2.27. The van der Waals surface area contributed by atoms with Gasteiger partial charge in [-0.15, -0.1) is 0 Å². The van der Waals surface area contributed by atoms with Gasteiger partial charge in [0.15, 0.2) is 0 Å². The largest absolute Gasteiger partial charge is 0.493 e. The molecule has 0 heterocycles. The Hall–Kier alpha value is -1.47. The van der Waals surface area contributed by atoms with Gasteiger partial charge in [0.1, 0.15) is 17.9 Å². The standard InChI is InChI=1S/C12H12ClF3O4/c13-8-2-3-9(11(17)18)10(6-8)20-5-1-4-19-7-12(14,15)16/h2-3,6H,1,4-5,7H2,(H,17,18). The normalized spacial score (nSPS) is 11.4. The van der Waals surface area contributed by atoms with Crippen LogP contribution in [0.1, 0.15) is 16.8 Å². The number of rotatable bonds is 7. The number of hydrogen-bond donors (Lipinski definition) is 1. The fraction of sp³-hybridized carbons (Fsp3) is 0.417. The number of carboxylic acid groups (broad SMARTS) is 1. The van der Waals surface area contributed by atoms with E-state index in [-0.39, 0.29) is 30.9 Å². The van der Waals surface area contributed by atoms with Crippen LogP contribution in [-0.2, 0) is 4.74 Å². The second kappa shape index (κ2) is 7.35.